The number of nitrogens with one attached hydrogen (secondary N) is 1. The molecule has 3 heteroatoms. The summed E-state index contributed by atoms with van der Waals surface area (Å²) in [5.41, 5.74) is 2.51. The van der Waals surface area contributed by atoms with Crippen molar-refractivity contribution in [2.75, 3.05) is 27.4 Å². The maximum Gasteiger partial charge on any atom is 0.123 e. The second-order valence-electron chi connectivity index (χ2n) is 4.99. The third-order valence-electron chi connectivity index (χ3n) is 3.70. The van der Waals surface area contributed by atoms with Crippen molar-refractivity contribution in [3.05, 3.63) is 29.3 Å². The molecule has 1 aromatic carbocycles. The molecule has 100 valence electrons. The summed E-state index contributed by atoms with van der Waals surface area (Å²) in [7, 11) is 3.75. The summed E-state index contributed by atoms with van der Waals surface area (Å²) in [5.74, 6) is 1.49. The molecule has 1 fully saturated rings. The second-order valence-corrected chi connectivity index (χ2v) is 4.99. The van der Waals surface area contributed by atoms with Gasteiger partial charge in [-0.25, -0.2) is 0 Å². The summed E-state index contributed by atoms with van der Waals surface area (Å²) in [4.78, 5) is 0. The SMILES string of the molecule is CNC(c1cc(C)ccc1OC)C1CCCOC1. The predicted molar refractivity (Wildman–Crippen MR) is 73.1 cm³/mol. The molecule has 2 unspecified atom stereocenters. The van der Waals surface area contributed by atoms with Crippen molar-refractivity contribution >= 4 is 0 Å². The zero-order valence-corrected chi connectivity index (χ0v) is 11.5. The van der Waals surface area contributed by atoms with E-state index in [0.717, 1.165) is 25.4 Å². The lowest BCUT2D eigenvalue weighted by atomic mass is 9.87. The third-order valence-corrected chi connectivity index (χ3v) is 3.70. The van der Waals surface area contributed by atoms with Crippen LogP contribution in [0.1, 0.15) is 30.0 Å². The van der Waals surface area contributed by atoms with Crippen molar-refractivity contribution in [1.29, 1.82) is 0 Å². The average molecular weight is 249 g/mol. The summed E-state index contributed by atoms with van der Waals surface area (Å²) in [6, 6.07) is 6.67. The Morgan fingerprint density at radius 2 is 2.28 bits per heavy atom. The molecule has 1 saturated heterocycles. The lowest BCUT2D eigenvalue weighted by molar-refractivity contribution is 0.0398. The summed E-state index contributed by atoms with van der Waals surface area (Å²) in [6.45, 7) is 3.85. The van der Waals surface area contributed by atoms with E-state index < -0.39 is 0 Å². The number of ether oxygens (including phenoxy) is 2. The Hall–Kier alpha value is -1.06. The molecule has 2 atom stereocenters. The molecule has 1 heterocycles. The minimum Gasteiger partial charge on any atom is -0.496 e. The largest absolute Gasteiger partial charge is 0.496 e. The first-order chi connectivity index (χ1) is 8.76. The summed E-state index contributed by atoms with van der Waals surface area (Å²) < 4.78 is 11.1. The molecule has 1 aliphatic heterocycles. The molecule has 0 radical (unpaired) electrons. The van der Waals surface area contributed by atoms with Gasteiger partial charge in [-0.2, -0.15) is 0 Å². The highest BCUT2D eigenvalue weighted by Gasteiger charge is 2.26. The van der Waals surface area contributed by atoms with E-state index in [2.05, 4.69) is 30.4 Å². The Morgan fingerprint density at radius 1 is 1.44 bits per heavy atom. The quantitative estimate of drug-likeness (QED) is 0.890. The highest BCUT2D eigenvalue weighted by atomic mass is 16.5. The van der Waals surface area contributed by atoms with Crippen LogP contribution < -0.4 is 10.1 Å². The Kier molecular flexibility index (Phi) is 4.61. The topological polar surface area (TPSA) is 30.5 Å². The van der Waals surface area contributed by atoms with Crippen LogP contribution >= 0.6 is 0 Å². The highest BCUT2D eigenvalue weighted by molar-refractivity contribution is 5.39. The van der Waals surface area contributed by atoms with Gasteiger partial charge in [-0.1, -0.05) is 17.7 Å². The van der Waals surface area contributed by atoms with Crippen molar-refractivity contribution in [3.8, 4) is 5.75 Å². The molecule has 0 amide bonds. The summed E-state index contributed by atoms with van der Waals surface area (Å²) in [6.07, 6.45) is 2.36. The van der Waals surface area contributed by atoms with Crippen molar-refractivity contribution in [1.82, 2.24) is 5.32 Å². The van der Waals surface area contributed by atoms with E-state index in [-0.39, 0.29) is 0 Å². The Labute approximate surface area is 109 Å². The lowest BCUT2D eigenvalue weighted by Gasteiger charge is -2.31. The molecule has 2 rings (SSSR count). The number of rotatable bonds is 4. The van der Waals surface area contributed by atoms with Gasteiger partial charge in [-0.15, -0.1) is 0 Å². The van der Waals surface area contributed by atoms with Gasteiger partial charge < -0.3 is 14.8 Å². The molecule has 1 aliphatic rings. The minimum atomic E-state index is 0.306. The molecule has 18 heavy (non-hydrogen) atoms. The van der Waals surface area contributed by atoms with Gasteiger partial charge in [-0.05, 0) is 32.9 Å². The van der Waals surface area contributed by atoms with Crippen LogP contribution in [-0.2, 0) is 4.74 Å². The van der Waals surface area contributed by atoms with E-state index in [9.17, 15) is 0 Å². The van der Waals surface area contributed by atoms with Gasteiger partial charge in [0.25, 0.3) is 0 Å². The molecule has 0 spiro atoms. The van der Waals surface area contributed by atoms with E-state index in [4.69, 9.17) is 9.47 Å². The number of methoxy groups -OCH3 is 1. The van der Waals surface area contributed by atoms with Crippen LogP contribution in [0.2, 0.25) is 0 Å². The van der Waals surface area contributed by atoms with Crippen LogP contribution in [0.3, 0.4) is 0 Å². The average Bonchev–Trinajstić information content (AvgIpc) is 2.41. The predicted octanol–water partition coefficient (Wildman–Crippen LogP) is 2.69. The molecule has 1 aromatic rings. The fraction of sp³-hybridized carbons (Fsp3) is 0.600. The first-order valence-corrected chi connectivity index (χ1v) is 6.65. The number of hydrogen-bond acceptors (Lipinski definition) is 3. The molecule has 0 bridgehead atoms. The van der Waals surface area contributed by atoms with E-state index >= 15 is 0 Å². The first kappa shape index (κ1) is 13.4. The van der Waals surface area contributed by atoms with Crippen LogP contribution in [-0.4, -0.2) is 27.4 Å². The van der Waals surface area contributed by atoms with Gasteiger partial charge in [0.1, 0.15) is 5.75 Å². The summed E-state index contributed by atoms with van der Waals surface area (Å²) in [5, 5.41) is 3.43. The maximum absolute atomic E-state index is 5.61. The highest BCUT2D eigenvalue weighted by Crippen LogP contribution is 2.34. The smallest absolute Gasteiger partial charge is 0.123 e. The molecule has 0 aliphatic carbocycles. The van der Waals surface area contributed by atoms with E-state index in [0.29, 0.717) is 12.0 Å². The van der Waals surface area contributed by atoms with Crippen molar-refractivity contribution in [2.45, 2.75) is 25.8 Å². The standard InChI is InChI=1S/C15H23NO2/c1-11-6-7-14(17-3)13(9-11)15(16-2)12-5-4-8-18-10-12/h6-7,9,12,15-16H,4-5,8,10H2,1-3H3. The van der Waals surface area contributed by atoms with Crippen molar-refractivity contribution in [2.24, 2.45) is 5.92 Å². The number of hydrogen-bond donors (Lipinski definition) is 1. The Balaban J connectivity index is 2.27. The number of benzene rings is 1. The Morgan fingerprint density at radius 3 is 2.89 bits per heavy atom. The van der Waals surface area contributed by atoms with Crippen LogP contribution in [0.4, 0.5) is 0 Å². The zero-order valence-electron chi connectivity index (χ0n) is 11.5. The van der Waals surface area contributed by atoms with Gasteiger partial charge in [0.2, 0.25) is 0 Å². The van der Waals surface area contributed by atoms with Gasteiger partial charge in [0.15, 0.2) is 0 Å². The third kappa shape index (κ3) is 2.85. The second kappa shape index (κ2) is 6.21. The molecule has 0 saturated carbocycles. The molecule has 0 aromatic heterocycles. The van der Waals surface area contributed by atoms with E-state index in [1.165, 1.54) is 17.5 Å². The van der Waals surface area contributed by atoms with Crippen LogP contribution in [0, 0.1) is 12.8 Å². The Bertz CT molecular complexity index is 386. The normalized spacial score (nSPS) is 21.6. The summed E-state index contributed by atoms with van der Waals surface area (Å²) >= 11 is 0. The zero-order chi connectivity index (χ0) is 13.0. The fourth-order valence-corrected chi connectivity index (χ4v) is 2.77. The molecular weight excluding hydrogens is 226 g/mol. The monoisotopic (exact) mass is 249 g/mol. The minimum absolute atomic E-state index is 0.306. The van der Waals surface area contributed by atoms with Crippen LogP contribution in [0.5, 0.6) is 5.75 Å². The molecule has 1 N–H and O–H groups in total. The molecule has 3 nitrogen and oxygen atoms in total. The van der Waals surface area contributed by atoms with Gasteiger partial charge in [0, 0.05) is 24.1 Å². The maximum atomic E-state index is 5.61. The van der Waals surface area contributed by atoms with Gasteiger partial charge in [0.05, 0.1) is 13.7 Å². The van der Waals surface area contributed by atoms with Crippen molar-refractivity contribution < 1.29 is 9.47 Å². The van der Waals surface area contributed by atoms with E-state index in [1.807, 2.05) is 7.05 Å². The first-order valence-electron chi connectivity index (χ1n) is 6.65. The van der Waals surface area contributed by atoms with E-state index in [1.54, 1.807) is 7.11 Å². The van der Waals surface area contributed by atoms with Crippen LogP contribution in [0.25, 0.3) is 0 Å². The fourth-order valence-electron chi connectivity index (χ4n) is 2.77. The van der Waals surface area contributed by atoms with Gasteiger partial charge >= 0.3 is 0 Å². The lowest BCUT2D eigenvalue weighted by Crippen LogP contribution is -2.31. The van der Waals surface area contributed by atoms with Crippen molar-refractivity contribution in [3.63, 3.8) is 0 Å². The van der Waals surface area contributed by atoms with Crippen LogP contribution in [0.15, 0.2) is 18.2 Å². The number of aryl methyl sites for hydroxylation is 1. The molecular formula is C15H23NO2. The van der Waals surface area contributed by atoms with Gasteiger partial charge in [-0.3, -0.25) is 0 Å².